The lowest BCUT2D eigenvalue weighted by atomic mass is 10.1. The summed E-state index contributed by atoms with van der Waals surface area (Å²) in [7, 11) is 3.03. The fraction of sp³-hybridized carbons (Fsp3) is 0.233. The molecule has 1 heterocycles. The van der Waals surface area contributed by atoms with Crippen molar-refractivity contribution in [2.24, 2.45) is 0 Å². The number of nitrogens with zero attached hydrogens (tertiary/aromatic N) is 1. The van der Waals surface area contributed by atoms with Crippen molar-refractivity contribution < 1.29 is 33.3 Å². The summed E-state index contributed by atoms with van der Waals surface area (Å²) in [4.78, 5) is 39.3. The van der Waals surface area contributed by atoms with E-state index in [1.54, 1.807) is 43.5 Å². The molecule has 1 fully saturated rings. The van der Waals surface area contributed by atoms with Gasteiger partial charge in [0.1, 0.15) is 6.61 Å². The van der Waals surface area contributed by atoms with Crippen LogP contribution in [0.2, 0.25) is 0 Å². The summed E-state index contributed by atoms with van der Waals surface area (Å²) in [6.45, 7) is 3.89. The Bertz CT molecular complexity index is 1450. The quantitative estimate of drug-likeness (QED) is 0.308. The maximum atomic E-state index is 12.9. The molecule has 208 valence electrons. The number of anilines is 1. The molecule has 0 radical (unpaired) electrons. The van der Waals surface area contributed by atoms with Crippen LogP contribution in [0.3, 0.4) is 0 Å². The molecule has 0 aliphatic carbocycles. The fourth-order valence-electron chi connectivity index (χ4n) is 3.92. The number of thioether (sulfide) groups is 1. The van der Waals surface area contributed by atoms with E-state index < -0.39 is 5.91 Å². The normalized spacial score (nSPS) is 13.9. The van der Waals surface area contributed by atoms with Crippen LogP contribution in [0, 0.1) is 13.8 Å². The van der Waals surface area contributed by atoms with Crippen molar-refractivity contribution in [1.29, 1.82) is 0 Å². The molecule has 3 amide bonds. The topological polar surface area (TPSA) is 103 Å². The summed E-state index contributed by atoms with van der Waals surface area (Å²) in [5.74, 6) is 1.16. The van der Waals surface area contributed by atoms with Crippen molar-refractivity contribution >= 4 is 40.6 Å². The average Bonchev–Trinajstić information content (AvgIpc) is 3.21. The third-order valence-corrected chi connectivity index (χ3v) is 6.93. The molecule has 1 aliphatic heterocycles. The van der Waals surface area contributed by atoms with E-state index >= 15 is 0 Å². The van der Waals surface area contributed by atoms with Gasteiger partial charge in [0, 0.05) is 5.69 Å². The summed E-state index contributed by atoms with van der Waals surface area (Å²) in [6, 6.07) is 18.0. The van der Waals surface area contributed by atoms with Crippen LogP contribution in [0.1, 0.15) is 16.7 Å². The number of para-hydroxylation sites is 2. The molecule has 9 nitrogen and oxygen atoms in total. The molecule has 0 aromatic heterocycles. The van der Waals surface area contributed by atoms with Gasteiger partial charge in [-0.05, 0) is 78.7 Å². The van der Waals surface area contributed by atoms with Crippen LogP contribution in [0.15, 0.2) is 65.6 Å². The number of imide groups is 1. The molecule has 0 spiro atoms. The van der Waals surface area contributed by atoms with Crippen molar-refractivity contribution in [3.8, 4) is 23.0 Å². The predicted molar refractivity (Wildman–Crippen MR) is 154 cm³/mol. The average molecular weight is 563 g/mol. The Morgan fingerprint density at radius 2 is 1.62 bits per heavy atom. The van der Waals surface area contributed by atoms with Crippen LogP contribution < -0.4 is 24.3 Å². The maximum Gasteiger partial charge on any atom is 0.293 e. The zero-order chi connectivity index (χ0) is 28.6. The molecule has 1 saturated heterocycles. The summed E-state index contributed by atoms with van der Waals surface area (Å²) in [6.07, 6.45) is 1.62. The van der Waals surface area contributed by atoms with Crippen molar-refractivity contribution in [2.45, 2.75) is 13.8 Å². The van der Waals surface area contributed by atoms with Crippen LogP contribution in [0.25, 0.3) is 6.08 Å². The third kappa shape index (κ3) is 6.95. The van der Waals surface area contributed by atoms with E-state index in [1.807, 2.05) is 44.2 Å². The molecule has 0 unspecified atom stereocenters. The Balaban J connectivity index is 1.36. The van der Waals surface area contributed by atoms with Gasteiger partial charge in [-0.15, -0.1) is 0 Å². The van der Waals surface area contributed by atoms with E-state index in [1.165, 1.54) is 7.11 Å². The van der Waals surface area contributed by atoms with Gasteiger partial charge in [-0.25, -0.2) is 0 Å². The first-order valence-electron chi connectivity index (χ1n) is 12.5. The minimum atomic E-state index is -0.402. The largest absolute Gasteiger partial charge is 0.493 e. The monoisotopic (exact) mass is 562 g/mol. The molecule has 0 bridgehead atoms. The van der Waals surface area contributed by atoms with Gasteiger partial charge in [0.05, 0.1) is 25.7 Å². The molecule has 40 heavy (non-hydrogen) atoms. The lowest BCUT2D eigenvalue weighted by molar-refractivity contribution is -0.123. The van der Waals surface area contributed by atoms with Crippen LogP contribution in [0.4, 0.5) is 10.5 Å². The third-order valence-electron chi connectivity index (χ3n) is 6.03. The van der Waals surface area contributed by atoms with Crippen molar-refractivity contribution in [1.82, 2.24) is 4.90 Å². The second kappa shape index (κ2) is 13.1. The molecular weight excluding hydrogens is 532 g/mol. The van der Waals surface area contributed by atoms with Gasteiger partial charge in [-0.1, -0.05) is 30.3 Å². The zero-order valence-corrected chi connectivity index (χ0v) is 23.5. The summed E-state index contributed by atoms with van der Waals surface area (Å²) in [5, 5.41) is 2.48. The number of ether oxygens (including phenoxy) is 4. The van der Waals surface area contributed by atoms with Crippen molar-refractivity contribution in [3.05, 3.63) is 82.3 Å². The predicted octanol–water partition coefficient (Wildman–Crippen LogP) is 5.45. The highest BCUT2D eigenvalue weighted by Gasteiger charge is 2.35. The number of rotatable bonds is 11. The van der Waals surface area contributed by atoms with Gasteiger partial charge in [0.25, 0.3) is 17.1 Å². The number of amides is 3. The van der Waals surface area contributed by atoms with Crippen LogP contribution in [0.5, 0.6) is 23.0 Å². The highest BCUT2D eigenvalue weighted by molar-refractivity contribution is 8.18. The van der Waals surface area contributed by atoms with Crippen molar-refractivity contribution in [2.75, 3.05) is 39.3 Å². The van der Waals surface area contributed by atoms with E-state index in [9.17, 15) is 14.4 Å². The molecule has 0 saturated carbocycles. The molecule has 3 aromatic rings. The second-order valence-corrected chi connectivity index (χ2v) is 9.89. The molecule has 10 heteroatoms. The zero-order valence-electron chi connectivity index (χ0n) is 22.7. The van der Waals surface area contributed by atoms with Crippen LogP contribution >= 0.6 is 11.8 Å². The van der Waals surface area contributed by atoms with Crippen LogP contribution in [-0.4, -0.2) is 55.9 Å². The first-order chi connectivity index (χ1) is 19.3. The van der Waals surface area contributed by atoms with Gasteiger partial charge in [0.15, 0.2) is 29.6 Å². The summed E-state index contributed by atoms with van der Waals surface area (Å²) >= 11 is 0.859. The Hall–Kier alpha value is -4.44. The lowest BCUT2D eigenvalue weighted by Crippen LogP contribution is -2.32. The van der Waals surface area contributed by atoms with Gasteiger partial charge < -0.3 is 24.3 Å². The minimum Gasteiger partial charge on any atom is -0.493 e. The number of hydrogen-bond donors (Lipinski definition) is 1. The lowest BCUT2D eigenvalue weighted by Gasteiger charge is -2.14. The number of carbonyl (C=O) groups excluding carboxylic acids is 3. The number of benzene rings is 3. The number of carbonyl (C=O) groups is 3. The van der Waals surface area contributed by atoms with E-state index in [0.29, 0.717) is 28.6 Å². The van der Waals surface area contributed by atoms with Gasteiger partial charge >= 0.3 is 0 Å². The SMILES string of the molecule is COc1ccccc1OCCN1C(=O)S/C(=C\c2ccc(OCC(=O)Nc3cc(C)ccc3C)c(OC)c2)C1=O. The van der Waals surface area contributed by atoms with Crippen molar-refractivity contribution in [3.63, 3.8) is 0 Å². The Morgan fingerprint density at radius 3 is 2.38 bits per heavy atom. The molecule has 4 rings (SSSR count). The highest BCUT2D eigenvalue weighted by Crippen LogP contribution is 2.35. The Morgan fingerprint density at radius 1 is 0.900 bits per heavy atom. The number of aryl methyl sites for hydroxylation is 2. The van der Waals surface area contributed by atoms with E-state index in [-0.39, 0.29) is 35.8 Å². The first kappa shape index (κ1) is 28.6. The van der Waals surface area contributed by atoms with Crippen LogP contribution in [-0.2, 0) is 9.59 Å². The summed E-state index contributed by atoms with van der Waals surface area (Å²) < 4.78 is 22.1. The molecule has 1 N–H and O–H groups in total. The standard InChI is InChI=1S/C30H30N2O7S/c1-19-9-10-20(2)22(15-19)31-28(33)18-39-25-12-11-21(16-26(25)37-4)17-27-29(34)32(30(35)40-27)13-14-38-24-8-6-5-7-23(24)36-3/h5-12,15-17H,13-14,18H2,1-4H3,(H,31,33)/b27-17-. The molecular formula is C30H30N2O7S. The van der Waals surface area contributed by atoms with Gasteiger partial charge in [0.2, 0.25) is 0 Å². The summed E-state index contributed by atoms with van der Waals surface area (Å²) in [5.41, 5.74) is 3.36. The van der Waals surface area contributed by atoms with E-state index in [0.717, 1.165) is 33.5 Å². The second-order valence-electron chi connectivity index (χ2n) is 8.90. The van der Waals surface area contributed by atoms with E-state index in [2.05, 4.69) is 5.32 Å². The van der Waals surface area contributed by atoms with E-state index in [4.69, 9.17) is 18.9 Å². The first-order valence-corrected chi connectivity index (χ1v) is 13.3. The number of hydrogen-bond acceptors (Lipinski definition) is 8. The maximum absolute atomic E-state index is 12.9. The van der Waals surface area contributed by atoms with Gasteiger partial charge in [-0.2, -0.15) is 0 Å². The Kier molecular flexibility index (Phi) is 9.34. The fourth-order valence-corrected chi connectivity index (χ4v) is 4.79. The Labute approximate surface area is 237 Å². The number of methoxy groups -OCH3 is 2. The molecule has 3 aromatic carbocycles. The molecule has 1 aliphatic rings. The molecule has 0 atom stereocenters. The van der Waals surface area contributed by atoms with Gasteiger partial charge in [-0.3, -0.25) is 19.3 Å². The number of nitrogens with one attached hydrogen (secondary N) is 1. The minimum absolute atomic E-state index is 0.0975. The highest BCUT2D eigenvalue weighted by atomic mass is 32.2. The smallest absolute Gasteiger partial charge is 0.293 e.